The van der Waals surface area contributed by atoms with E-state index in [0.29, 0.717) is 36.1 Å². The van der Waals surface area contributed by atoms with Crippen LogP contribution >= 0.6 is 0 Å². The lowest BCUT2D eigenvalue weighted by molar-refractivity contribution is -0.136. The molecule has 8 nitrogen and oxygen atoms in total. The van der Waals surface area contributed by atoms with Gasteiger partial charge in [-0.3, -0.25) is 9.48 Å². The standard InChI is InChI=1S/C37H40FN3O5S/c1-36(2)16-6-17-37(3,27-9-4-7-25(21-27)11-12-34(42)43)41-19-14-32(40-41)26-8-5-10-28(22-26)46-35-30(15-20-47(44,45)24-36)29-13-18-39-33(29)23-31(35)38/h4-5,7-10,13-14,18-19,21-23,39H,6,11-12,15-17,20,24H2,1-3H3,(H,42,43). The van der Waals surface area contributed by atoms with Crippen molar-refractivity contribution in [1.29, 1.82) is 0 Å². The summed E-state index contributed by atoms with van der Waals surface area (Å²) in [4.78, 5) is 14.3. The lowest BCUT2D eigenvalue weighted by atomic mass is 9.82. The zero-order chi connectivity index (χ0) is 33.4. The van der Waals surface area contributed by atoms with Crippen molar-refractivity contribution in [1.82, 2.24) is 14.8 Å². The average molecular weight is 658 g/mol. The Balaban J connectivity index is 1.45. The number of H-pyrrole nitrogens is 1. The largest absolute Gasteiger partial charge is 0.481 e. The Hall–Kier alpha value is -4.44. The summed E-state index contributed by atoms with van der Waals surface area (Å²) in [7, 11) is -3.52. The van der Waals surface area contributed by atoms with Gasteiger partial charge in [-0.25, -0.2) is 12.8 Å². The minimum absolute atomic E-state index is 0.00284. The van der Waals surface area contributed by atoms with Gasteiger partial charge in [0.1, 0.15) is 5.75 Å². The molecule has 1 atom stereocenters. The second kappa shape index (κ2) is 12.6. The number of halogens is 1. The van der Waals surface area contributed by atoms with Crippen molar-refractivity contribution >= 4 is 26.7 Å². The maximum Gasteiger partial charge on any atom is 0.303 e. The summed E-state index contributed by atoms with van der Waals surface area (Å²) in [5.74, 6) is -1.12. The van der Waals surface area contributed by atoms with Crippen LogP contribution in [0.25, 0.3) is 22.2 Å². The molecule has 0 saturated heterocycles. The van der Waals surface area contributed by atoms with Crippen molar-refractivity contribution < 1.29 is 27.4 Å². The molecule has 1 unspecified atom stereocenters. The highest BCUT2D eigenvalue weighted by atomic mass is 32.2. The predicted octanol–water partition coefficient (Wildman–Crippen LogP) is 7.91. The van der Waals surface area contributed by atoms with E-state index in [1.165, 1.54) is 6.07 Å². The third kappa shape index (κ3) is 7.12. The molecule has 0 aliphatic carbocycles. The van der Waals surface area contributed by atoms with Crippen molar-refractivity contribution in [2.24, 2.45) is 5.41 Å². The number of carboxylic acid groups (broad SMARTS) is 1. The van der Waals surface area contributed by atoms with Crippen LogP contribution in [0.15, 0.2) is 79.1 Å². The molecule has 3 heterocycles. The summed E-state index contributed by atoms with van der Waals surface area (Å²) in [6, 6.07) is 20.4. The second-order valence-electron chi connectivity index (χ2n) is 13.6. The summed E-state index contributed by atoms with van der Waals surface area (Å²) < 4.78 is 50.9. The molecule has 0 fully saturated rings. The first kappa shape index (κ1) is 32.5. The number of benzene rings is 3. The summed E-state index contributed by atoms with van der Waals surface area (Å²) in [6.07, 6.45) is 6.29. The molecule has 0 spiro atoms. The molecule has 0 amide bonds. The monoisotopic (exact) mass is 657 g/mol. The summed E-state index contributed by atoms with van der Waals surface area (Å²) >= 11 is 0. The molecule has 3 aromatic carbocycles. The van der Waals surface area contributed by atoms with E-state index in [9.17, 15) is 18.3 Å². The van der Waals surface area contributed by atoms with E-state index >= 15 is 4.39 Å². The van der Waals surface area contributed by atoms with Gasteiger partial charge in [0.05, 0.1) is 22.7 Å². The number of ether oxygens (including phenoxy) is 1. The highest BCUT2D eigenvalue weighted by molar-refractivity contribution is 7.91. The fraction of sp³-hybridized carbons (Fsp3) is 0.351. The quantitative estimate of drug-likeness (QED) is 0.203. The van der Waals surface area contributed by atoms with Crippen molar-refractivity contribution in [3.05, 3.63) is 102 Å². The maximum absolute atomic E-state index is 15.6. The van der Waals surface area contributed by atoms with E-state index in [4.69, 9.17) is 9.84 Å². The van der Waals surface area contributed by atoms with Crippen LogP contribution in [-0.2, 0) is 33.0 Å². The van der Waals surface area contributed by atoms with Crippen LogP contribution in [0, 0.1) is 11.2 Å². The molecule has 0 radical (unpaired) electrons. The maximum atomic E-state index is 15.6. The highest BCUT2D eigenvalue weighted by Crippen LogP contribution is 2.39. The number of aryl methyl sites for hydroxylation is 2. The van der Waals surface area contributed by atoms with Crippen molar-refractivity contribution in [2.45, 2.75) is 64.8 Å². The average Bonchev–Trinajstić information content (AvgIpc) is 3.70. The van der Waals surface area contributed by atoms with Crippen LogP contribution in [0.1, 0.15) is 63.1 Å². The molecule has 2 aromatic heterocycles. The molecule has 246 valence electrons. The highest BCUT2D eigenvalue weighted by Gasteiger charge is 2.33. The van der Waals surface area contributed by atoms with Crippen LogP contribution in [0.5, 0.6) is 11.5 Å². The number of aromatic nitrogens is 3. The first-order chi connectivity index (χ1) is 22.3. The van der Waals surface area contributed by atoms with Crippen LogP contribution in [-0.4, -0.2) is 45.8 Å². The molecule has 5 aromatic rings. The Bertz CT molecular complexity index is 2050. The Morgan fingerprint density at radius 3 is 2.68 bits per heavy atom. The van der Waals surface area contributed by atoms with Crippen molar-refractivity contribution in [3.63, 3.8) is 0 Å². The fourth-order valence-corrected chi connectivity index (χ4v) is 8.78. The molecule has 4 bridgehead atoms. The summed E-state index contributed by atoms with van der Waals surface area (Å²) in [5, 5.41) is 15.0. The van der Waals surface area contributed by atoms with Gasteiger partial charge in [0.2, 0.25) is 0 Å². The number of nitrogens with zero attached hydrogens (tertiary/aromatic N) is 2. The number of carbonyl (C=O) groups is 1. The van der Waals surface area contributed by atoms with Crippen LogP contribution in [0.3, 0.4) is 0 Å². The Kier molecular flexibility index (Phi) is 8.74. The van der Waals surface area contributed by atoms with Crippen LogP contribution in [0.2, 0.25) is 0 Å². The number of nitrogens with one attached hydrogen (secondary N) is 1. The minimum Gasteiger partial charge on any atom is -0.481 e. The Labute approximate surface area is 274 Å². The van der Waals surface area contributed by atoms with E-state index in [0.717, 1.165) is 34.2 Å². The first-order valence-electron chi connectivity index (χ1n) is 16.0. The van der Waals surface area contributed by atoms with E-state index in [-0.39, 0.29) is 30.1 Å². The molecular formula is C37H40FN3O5S. The molecular weight excluding hydrogens is 617 g/mol. The Morgan fingerprint density at radius 2 is 1.87 bits per heavy atom. The second-order valence-corrected chi connectivity index (χ2v) is 15.8. The van der Waals surface area contributed by atoms with Crippen LogP contribution < -0.4 is 4.74 Å². The lowest BCUT2D eigenvalue weighted by Gasteiger charge is -2.33. The summed E-state index contributed by atoms with van der Waals surface area (Å²) in [6.45, 7) is 6.07. The van der Waals surface area contributed by atoms with E-state index in [1.807, 2.05) is 79.3 Å². The van der Waals surface area contributed by atoms with E-state index in [2.05, 4.69) is 11.9 Å². The van der Waals surface area contributed by atoms with Gasteiger partial charge in [0.25, 0.3) is 0 Å². The Morgan fingerprint density at radius 1 is 1.06 bits per heavy atom. The molecule has 1 aliphatic heterocycles. The van der Waals surface area contributed by atoms with E-state index < -0.39 is 32.6 Å². The van der Waals surface area contributed by atoms with E-state index in [1.54, 1.807) is 12.3 Å². The van der Waals surface area contributed by atoms with Crippen LogP contribution in [0.4, 0.5) is 4.39 Å². The number of hydrogen-bond donors (Lipinski definition) is 2. The number of hydrogen-bond acceptors (Lipinski definition) is 5. The normalized spacial score (nSPS) is 19.7. The van der Waals surface area contributed by atoms with Gasteiger partial charge in [-0.2, -0.15) is 5.10 Å². The molecule has 10 heteroatoms. The molecule has 0 saturated carbocycles. The number of fused-ring (bicyclic) bond motifs is 8. The van der Waals surface area contributed by atoms with Gasteiger partial charge in [0.15, 0.2) is 21.4 Å². The van der Waals surface area contributed by atoms with Crippen molar-refractivity contribution in [3.8, 4) is 22.8 Å². The third-order valence-corrected chi connectivity index (χ3v) is 11.3. The van der Waals surface area contributed by atoms with Gasteiger partial charge >= 0.3 is 5.97 Å². The zero-order valence-electron chi connectivity index (χ0n) is 26.9. The number of aromatic amines is 1. The van der Waals surface area contributed by atoms with Crippen molar-refractivity contribution in [2.75, 3.05) is 11.5 Å². The molecule has 2 N–H and O–H groups in total. The van der Waals surface area contributed by atoms with Gasteiger partial charge in [-0.15, -0.1) is 0 Å². The van der Waals surface area contributed by atoms with Gasteiger partial charge in [-0.05, 0) is 73.4 Å². The summed E-state index contributed by atoms with van der Waals surface area (Å²) in [5.41, 5.74) is 3.42. The van der Waals surface area contributed by atoms with Gasteiger partial charge in [-0.1, -0.05) is 56.7 Å². The lowest BCUT2D eigenvalue weighted by Crippen LogP contribution is -2.33. The topological polar surface area (TPSA) is 114 Å². The van der Waals surface area contributed by atoms with Gasteiger partial charge in [0, 0.05) is 46.9 Å². The first-order valence-corrected chi connectivity index (χ1v) is 17.8. The molecule has 47 heavy (non-hydrogen) atoms. The minimum atomic E-state index is -3.52. The fourth-order valence-electron chi connectivity index (χ4n) is 6.78. The smallest absolute Gasteiger partial charge is 0.303 e. The molecule has 1 aliphatic rings. The van der Waals surface area contributed by atoms with Gasteiger partial charge < -0.3 is 14.8 Å². The number of rotatable bonds is 4. The third-order valence-electron chi connectivity index (χ3n) is 9.28. The zero-order valence-corrected chi connectivity index (χ0v) is 27.7. The number of aliphatic carboxylic acids is 1. The SMILES string of the molecule is CC1(C)CCCC(C)(c2cccc(CCC(=O)O)c2)n2ccc(n2)-c2cccc(c2)Oc2c(F)cc3[nH]ccc3c2CCS(=O)(=O)C1. The predicted molar refractivity (Wildman–Crippen MR) is 181 cm³/mol. The number of carboxylic acids is 1. The molecule has 6 rings (SSSR count). The number of sulfone groups is 1.